The van der Waals surface area contributed by atoms with Crippen molar-refractivity contribution < 1.29 is 4.79 Å². The molecule has 1 aromatic heterocycles. The molecule has 0 saturated heterocycles. The number of amides is 1. The molecular weight excluding hydrogens is 382 g/mol. The molecule has 0 aliphatic carbocycles. The van der Waals surface area contributed by atoms with E-state index in [0.29, 0.717) is 5.03 Å². The highest BCUT2D eigenvalue weighted by Crippen LogP contribution is 2.21. The lowest BCUT2D eigenvalue weighted by Gasteiger charge is -2.10. The van der Waals surface area contributed by atoms with Crippen molar-refractivity contribution in [3.05, 3.63) is 95.0 Å². The van der Waals surface area contributed by atoms with E-state index in [9.17, 15) is 9.59 Å². The van der Waals surface area contributed by atoms with Crippen LogP contribution in [-0.4, -0.2) is 21.2 Å². The van der Waals surface area contributed by atoms with Crippen molar-refractivity contribution in [2.45, 2.75) is 11.9 Å². The lowest BCUT2D eigenvalue weighted by atomic mass is 10.1. The predicted molar refractivity (Wildman–Crippen MR) is 118 cm³/mol. The van der Waals surface area contributed by atoms with E-state index in [1.165, 1.54) is 0 Å². The third kappa shape index (κ3) is 4.22. The minimum absolute atomic E-state index is 0.107. The Bertz CT molecular complexity index is 1230. The molecule has 144 valence electrons. The molecule has 5 nitrogen and oxygen atoms in total. The predicted octanol–water partition coefficient (Wildman–Crippen LogP) is 4.42. The first-order valence-electron chi connectivity index (χ1n) is 9.17. The Morgan fingerprint density at radius 1 is 1.03 bits per heavy atom. The summed E-state index contributed by atoms with van der Waals surface area (Å²) in [5.41, 5.74) is 2.41. The van der Waals surface area contributed by atoms with Crippen LogP contribution in [0.4, 0.5) is 5.69 Å². The van der Waals surface area contributed by atoms with Gasteiger partial charge >= 0.3 is 0 Å². The molecule has 0 bridgehead atoms. The minimum Gasteiger partial charge on any atom is -0.325 e. The third-order valence-corrected chi connectivity index (χ3v) is 5.47. The van der Waals surface area contributed by atoms with Gasteiger partial charge in [-0.3, -0.25) is 14.2 Å². The maximum atomic E-state index is 13.0. The van der Waals surface area contributed by atoms with Crippen molar-refractivity contribution in [1.82, 2.24) is 9.55 Å². The molecule has 0 spiro atoms. The molecule has 4 rings (SSSR count). The molecule has 1 heterocycles. The molecule has 29 heavy (non-hydrogen) atoms. The minimum atomic E-state index is -0.239. The van der Waals surface area contributed by atoms with Crippen LogP contribution in [-0.2, 0) is 4.79 Å². The van der Waals surface area contributed by atoms with E-state index >= 15 is 0 Å². The second kappa shape index (κ2) is 8.32. The Labute approximate surface area is 172 Å². The molecule has 0 atom stereocenters. The van der Waals surface area contributed by atoms with Gasteiger partial charge in [0.2, 0.25) is 5.91 Å². The molecule has 1 amide bonds. The van der Waals surface area contributed by atoms with Gasteiger partial charge in [-0.05, 0) is 30.5 Å². The topological polar surface area (TPSA) is 64.0 Å². The van der Waals surface area contributed by atoms with E-state index in [2.05, 4.69) is 10.3 Å². The van der Waals surface area contributed by atoms with Crippen molar-refractivity contribution in [3.63, 3.8) is 0 Å². The summed E-state index contributed by atoms with van der Waals surface area (Å²) in [6.07, 6.45) is 3.24. The van der Waals surface area contributed by atoms with Gasteiger partial charge in [-0.1, -0.05) is 65.9 Å². The smallest absolute Gasteiger partial charge is 0.287 e. The average molecular weight is 401 g/mol. The zero-order valence-electron chi connectivity index (χ0n) is 15.8. The fraction of sp³-hybridized carbons (Fsp3) is 0.0870. The zero-order valence-corrected chi connectivity index (χ0v) is 16.6. The van der Waals surface area contributed by atoms with E-state index < -0.39 is 0 Å². The maximum Gasteiger partial charge on any atom is 0.287 e. The standard InChI is InChI=1S/C23H19N3O2S/c1-16-9-11-18(12-10-16)25-21(27)15-29-22-23(28)26(14-13-24-22)20-8-4-6-17-5-2-3-7-19(17)20/h2-14H,15H2,1H3,(H,25,27). The number of carbonyl (C=O) groups is 1. The number of nitrogens with zero attached hydrogens (tertiary/aromatic N) is 2. The number of aryl methyl sites for hydroxylation is 1. The molecule has 0 aliphatic heterocycles. The van der Waals surface area contributed by atoms with Crippen LogP contribution in [0.5, 0.6) is 0 Å². The first kappa shape index (κ1) is 19.0. The number of hydrogen-bond donors (Lipinski definition) is 1. The summed E-state index contributed by atoms with van der Waals surface area (Å²) in [5.74, 6) is -0.0732. The average Bonchev–Trinajstić information content (AvgIpc) is 2.74. The molecular formula is C23H19N3O2S. The van der Waals surface area contributed by atoms with Gasteiger partial charge in [-0.25, -0.2) is 4.98 Å². The van der Waals surface area contributed by atoms with Gasteiger partial charge in [0.25, 0.3) is 5.56 Å². The SMILES string of the molecule is Cc1ccc(NC(=O)CSc2nccn(-c3cccc4ccccc34)c2=O)cc1. The molecule has 6 heteroatoms. The fourth-order valence-electron chi connectivity index (χ4n) is 3.07. The van der Waals surface area contributed by atoms with Crippen molar-refractivity contribution in [2.75, 3.05) is 11.1 Å². The monoisotopic (exact) mass is 401 g/mol. The van der Waals surface area contributed by atoms with Gasteiger partial charge in [0.1, 0.15) is 0 Å². The Kier molecular flexibility index (Phi) is 5.44. The van der Waals surface area contributed by atoms with Gasteiger partial charge in [-0.15, -0.1) is 0 Å². The van der Waals surface area contributed by atoms with Crippen LogP contribution in [0.25, 0.3) is 16.5 Å². The molecule has 1 N–H and O–H groups in total. The molecule has 0 aliphatic rings. The lowest BCUT2D eigenvalue weighted by Crippen LogP contribution is -2.22. The van der Waals surface area contributed by atoms with Crippen LogP contribution in [0.2, 0.25) is 0 Å². The largest absolute Gasteiger partial charge is 0.325 e. The van der Waals surface area contributed by atoms with Crippen LogP contribution < -0.4 is 10.9 Å². The highest BCUT2D eigenvalue weighted by Gasteiger charge is 2.12. The molecule has 3 aromatic carbocycles. The fourth-order valence-corrected chi connectivity index (χ4v) is 3.77. The number of thioether (sulfide) groups is 1. The Morgan fingerprint density at radius 3 is 2.62 bits per heavy atom. The number of hydrogen-bond acceptors (Lipinski definition) is 4. The van der Waals surface area contributed by atoms with Crippen LogP contribution in [0.1, 0.15) is 5.56 Å². The number of rotatable bonds is 5. The van der Waals surface area contributed by atoms with E-state index in [0.717, 1.165) is 39.5 Å². The van der Waals surface area contributed by atoms with Gasteiger partial charge in [0.05, 0.1) is 11.4 Å². The molecule has 0 fully saturated rings. The van der Waals surface area contributed by atoms with Crippen molar-refractivity contribution in [1.29, 1.82) is 0 Å². The number of carbonyl (C=O) groups excluding carboxylic acids is 1. The first-order valence-corrected chi connectivity index (χ1v) is 10.2. The number of anilines is 1. The van der Waals surface area contributed by atoms with Crippen molar-refractivity contribution in [2.24, 2.45) is 0 Å². The summed E-state index contributed by atoms with van der Waals surface area (Å²) in [6.45, 7) is 1.99. The third-order valence-electron chi connectivity index (χ3n) is 4.51. The summed E-state index contributed by atoms with van der Waals surface area (Å²) in [4.78, 5) is 29.4. The van der Waals surface area contributed by atoms with Gasteiger partial charge in [0.15, 0.2) is 5.03 Å². The summed E-state index contributed by atoms with van der Waals surface area (Å²) < 4.78 is 1.58. The number of fused-ring (bicyclic) bond motifs is 1. The summed E-state index contributed by atoms with van der Waals surface area (Å²) in [5, 5.41) is 5.16. The Morgan fingerprint density at radius 2 is 1.79 bits per heavy atom. The summed E-state index contributed by atoms with van der Waals surface area (Å²) >= 11 is 1.14. The Balaban J connectivity index is 1.55. The molecule has 0 saturated carbocycles. The maximum absolute atomic E-state index is 13.0. The lowest BCUT2D eigenvalue weighted by molar-refractivity contribution is -0.113. The highest BCUT2D eigenvalue weighted by molar-refractivity contribution is 7.99. The first-order chi connectivity index (χ1) is 14.1. The van der Waals surface area contributed by atoms with Gasteiger partial charge < -0.3 is 5.32 Å². The van der Waals surface area contributed by atoms with Crippen molar-refractivity contribution >= 4 is 34.1 Å². The van der Waals surface area contributed by atoms with E-state index in [1.54, 1.807) is 17.0 Å². The number of nitrogens with one attached hydrogen (secondary N) is 1. The van der Waals surface area contributed by atoms with E-state index in [4.69, 9.17) is 0 Å². The molecule has 0 unspecified atom stereocenters. The van der Waals surface area contributed by atoms with E-state index in [1.807, 2.05) is 73.7 Å². The van der Waals surface area contributed by atoms with Crippen molar-refractivity contribution in [3.8, 4) is 5.69 Å². The number of benzene rings is 3. The quantitative estimate of drug-likeness (QED) is 0.503. The zero-order chi connectivity index (χ0) is 20.2. The normalized spacial score (nSPS) is 10.8. The second-order valence-electron chi connectivity index (χ2n) is 6.61. The molecule has 4 aromatic rings. The van der Waals surface area contributed by atoms with Crippen LogP contribution in [0.15, 0.2) is 88.9 Å². The summed E-state index contributed by atoms with van der Waals surface area (Å²) in [6, 6.07) is 21.3. The highest BCUT2D eigenvalue weighted by atomic mass is 32.2. The van der Waals surface area contributed by atoms with Crippen LogP contribution >= 0.6 is 11.8 Å². The van der Waals surface area contributed by atoms with Crippen LogP contribution in [0.3, 0.4) is 0 Å². The van der Waals surface area contributed by atoms with Crippen LogP contribution in [0, 0.1) is 6.92 Å². The van der Waals surface area contributed by atoms with Gasteiger partial charge in [-0.2, -0.15) is 0 Å². The summed E-state index contributed by atoms with van der Waals surface area (Å²) in [7, 11) is 0. The molecule has 0 radical (unpaired) electrons. The Hall–Kier alpha value is -3.38. The number of aromatic nitrogens is 2. The second-order valence-corrected chi connectivity index (χ2v) is 7.57. The van der Waals surface area contributed by atoms with Gasteiger partial charge in [0, 0.05) is 23.5 Å². The van der Waals surface area contributed by atoms with E-state index in [-0.39, 0.29) is 17.2 Å².